The van der Waals surface area contributed by atoms with Crippen LogP contribution in [-0.4, -0.2) is 4.98 Å². The van der Waals surface area contributed by atoms with Crippen molar-refractivity contribution in [3.8, 4) is 17.0 Å². The Morgan fingerprint density at radius 3 is 2.94 bits per heavy atom. The molecule has 1 aliphatic heterocycles. The molecule has 0 saturated carbocycles. The Bertz CT molecular complexity index is 607. The van der Waals surface area contributed by atoms with Crippen LogP contribution in [0.15, 0.2) is 18.2 Å². The fraction of sp³-hybridized carbons (Fsp3) is 0.250. The maximum absolute atomic E-state index is 6.01. The molecule has 2 heterocycles. The maximum Gasteiger partial charge on any atom is 0.180 e. The molecule has 1 aliphatic rings. The standard InChI is InChI=1S/C12H11ClN2OS/c1-12(2)10-9(15-11(14)17-10)7-5-6(13)3-4-8(7)16-12/h3-5H,1-2H3,(H2,14,15). The fourth-order valence-corrected chi connectivity index (χ4v) is 3.08. The summed E-state index contributed by atoms with van der Waals surface area (Å²) in [6.45, 7) is 4.03. The van der Waals surface area contributed by atoms with Crippen LogP contribution in [0.5, 0.6) is 5.75 Å². The number of aromatic nitrogens is 1. The molecule has 88 valence electrons. The lowest BCUT2D eigenvalue weighted by Crippen LogP contribution is -2.27. The second-order valence-corrected chi connectivity index (χ2v) is 5.95. The van der Waals surface area contributed by atoms with E-state index in [9.17, 15) is 0 Å². The average Bonchev–Trinajstić information content (AvgIpc) is 2.63. The first-order chi connectivity index (χ1) is 7.97. The van der Waals surface area contributed by atoms with Crippen molar-refractivity contribution >= 4 is 28.1 Å². The fourth-order valence-electron chi connectivity index (χ4n) is 2.02. The molecule has 1 aromatic heterocycles. The van der Waals surface area contributed by atoms with Gasteiger partial charge in [0.1, 0.15) is 11.4 Å². The maximum atomic E-state index is 6.01. The molecule has 0 saturated heterocycles. The van der Waals surface area contributed by atoms with Crippen LogP contribution in [-0.2, 0) is 5.60 Å². The topological polar surface area (TPSA) is 48.1 Å². The van der Waals surface area contributed by atoms with E-state index in [1.165, 1.54) is 11.3 Å². The number of hydrogen-bond acceptors (Lipinski definition) is 4. The lowest BCUT2D eigenvalue weighted by molar-refractivity contribution is 0.109. The van der Waals surface area contributed by atoms with Crippen molar-refractivity contribution in [3.63, 3.8) is 0 Å². The number of nitrogens with zero attached hydrogens (tertiary/aromatic N) is 1. The number of halogens is 1. The van der Waals surface area contributed by atoms with Gasteiger partial charge in [-0.15, -0.1) is 0 Å². The van der Waals surface area contributed by atoms with E-state index in [0.29, 0.717) is 10.2 Å². The van der Waals surface area contributed by atoms with Crippen molar-refractivity contribution in [2.45, 2.75) is 19.4 Å². The van der Waals surface area contributed by atoms with Gasteiger partial charge in [-0.1, -0.05) is 22.9 Å². The molecule has 2 aromatic rings. The Balaban J connectivity index is 2.32. The van der Waals surface area contributed by atoms with Gasteiger partial charge in [-0.05, 0) is 32.0 Å². The number of rotatable bonds is 0. The third kappa shape index (κ3) is 1.59. The molecule has 0 aliphatic carbocycles. The summed E-state index contributed by atoms with van der Waals surface area (Å²) in [5.74, 6) is 0.803. The van der Waals surface area contributed by atoms with E-state index in [4.69, 9.17) is 22.1 Å². The van der Waals surface area contributed by atoms with Gasteiger partial charge < -0.3 is 10.5 Å². The molecule has 1 aromatic carbocycles. The largest absolute Gasteiger partial charge is 0.482 e. The summed E-state index contributed by atoms with van der Waals surface area (Å²) in [5.41, 5.74) is 7.20. The van der Waals surface area contributed by atoms with E-state index in [2.05, 4.69) is 4.98 Å². The summed E-state index contributed by atoms with van der Waals surface area (Å²) in [5, 5.41) is 1.23. The minimum atomic E-state index is -0.397. The van der Waals surface area contributed by atoms with Gasteiger partial charge in [0.05, 0.1) is 10.6 Å². The normalized spacial score (nSPS) is 15.9. The Kier molecular flexibility index (Phi) is 2.15. The van der Waals surface area contributed by atoms with Crippen molar-refractivity contribution in [2.75, 3.05) is 5.73 Å². The first-order valence-corrected chi connectivity index (χ1v) is 6.42. The van der Waals surface area contributed by atoms with Gasteiger partial charge >= 0.3 is 0 Å². The molecule has 3 nitrogen and oxygen atoms in total. The van der Waals surface area contributed by atoms with Crippen molar-refractivity contribution in [1.82, 2.24) is 4.98 Å². The Morgan fingerprint density at radius 2 is 2.18 bits per heavy atom. The van der Waals surface area contributed by atoms with Crippen molar-refractivity contribution in [2.24, 2.45) is 0 Å². The zero-order valence-electron chi connectivity index (χ0n) is 9.45. The number of ether oxygens (including phenoxy) is 1. The van der Waals surface area contributed by atoms with Crippen LogP contribution in [0.25, 0.3) is 11.3 Å². The molecule has 0 amide bonds. The van der Waals surface area contributed by atoms with Gasteiger partial charge in [0.15, 0.2) is 5.13 Å². The SMILES string of the molecule is CC1(C)Oc2ccc(Cl)cc2-c2nc(N)sc21. The number of hydrogen-bond donors (Lipinski definition) is 1. The average molecular weight is 267 g/mol. The van der Waals surface area contributed by atoms with Gasteiger partial charge in [-0.25, -0.2) is 4.98 Å². The zero-order valence-corrected chi connectivity index (χ0v) is 11.0. The molecule has 2 N–H and O–H groups in total. The van der Waals surface area contributed by atoms with Gasteiger partial charge in [0.2, 0.25) is 0 Å². The van der Waals surface area contributed by atoms with Gasteiger partial charge in [0.25, 0.3) is 0 Å². The second-order valence-electron chi connectivity index (χ2n) is 4.48. The van der Waals surface area contributed by atoms with Crippen LogP contribution in [0.1, 0.15) is 18.7 Å². The van der Waals surface area contributed by atoms with Crippen molar-refractivity contribution < 1.29 is 4.74 Å². The summed E-state index contributed by atoms with van der Waals surface area (Å²) < 4.78 is 5.97. The van der Waals surface area contributed by atoms with Gasteiger partial charge in [-0.2, -0.15) is 0 Å². The third-order valence-corrected chi connectivity index (χ3v) is 4.18. The molecule has 0 fully saturated rings. The molecule has 0 unspecified atom stereocenters. The van der Waals surface area contributed by atoms with E-state index >= 15 is 0 Å². The third-order valence-electron chi connectivity index (χ3n) is 2.75. The van der Waals surface area contributed by atoms with E-state index < -0.39 is 5.60 Å². The molecule has 3 rings (SSSR count). The lowest BCUT2D eigenvalue weighted by Gasteiger charge is -2.31. The highest BCUT2D eigenvalue weighted by Crippen LogP contribution is 2.48. The van der Waals surface area contributed by atoms with Crippen LogP contribution in [0.2, 0.25) is 5.02 Å². The second kappa shape index (κ2) is 3.37. The summed E-state index contributed by atoms with van der Waals surface area (Å²) in [6, 6.07) is 5.55. The van der Waals surface area contributed by atoms with Crippen molar-refractivity contribution in [3.05, 3.63) is 28.1 Å². The molecule has 0 bridgehead atoms. The molecule has 0 radical (unpaired) electrons. The first-order valence-electron chi connectivity index (χ1n) is 5.23. The molecule has 17 heavy (non-hydrogen) atoms. The number of fused-ring (bicyclic) bond motifs is 3. The quantitative estimate of drug-likeness (QED) is 0.791. The first kappa shape index (κ1) is 10.9. The summed E-state index contributed by atoms with van der Waals surface area (Å²) >= 11 is 7.48. The minimum absolute atomic E-state index is 0.397. The van der Waals surface area contributed by atoms with Crippen LogP contribution in [0.4, 0.5) is 5.13 Å². The number of nitrogens with two attached hydrogens (primary N) is 1. The molecular formula is C12H11ClN2OS. The lowest BCUT2D eigenvalue weighted by atomic mass is 9.97. The Labute approximate surface area is 108 Å². The molecule has 0 spiro atoms. The molecule has 5 heteroatoms. The van der Waals surface area contributed by atoms with Crippen LogP contribution in [0, 0.1) is 0 Å². The zero-order chi connectivity index (χ0) is 12.2. The van der Waals surface area contributed by atoms with Crippen LogP contribution >= 0.6 is 22.9 Å². The Hall–Kier alpha value is -1.26. The predicted molar refractivity (Wildman–Crippen MR) is 70.6 cm³/mol. The van der Waals surface area contributed by atoms with E-state index in [-0.39, 0.29) is 0 Å². The number of benzene rings is 1. The summed E-state index contributed by atoms with van der Waals surface area (Å²) in [6.07, 6.45) is 0. The Morgan fingerprint density at radius 1 is 1.41 bits per heavy atom. The minimum Gasteiger partial charge on any atom is -0.482 e. The summed E-state index contributed by atoms with van der Waals surface area (Å²) in [4.78, 5) is 5.43. The van der Waals surface area contributed by atoms with E-state index in [0.717, 1.165) is 21.9 Å². The number of nitrogen functional groups attached to an aromatic ring is 1. The van der Waals surface area contributed by atoms with E-state index in [1.807, 2.05) is 32.0 Å². The van der Waals surface area contributed by atoms with Crippen LogP contribution < -0.4 is 10.5 Å². The van der Waals surface area contributed by atoms with Crippen molar-refractivity contribution in [1.29, 1.82) is 0 Å². The van der Waals surface area contributed by atoms with Gasteiger partial charge in [0, 0.05) is 10.6 Å². The number of thiazole rings is 1. The number of anilines is 1. The summed E-state index contributed by atoms with van der Waals surface area (Å²) in [7, 11) is 0. The predicted octanol–water partition coefficient (Wildman–Crippen LogP) is 3.67. The molecule has 0 atom stereocenters. The van der Waals surface area contributed by atoms with Crippen LogP contribution in [0.3, 0.4) is 0 Å². The highest BCUT2D eigenvalue weighted by Gasteiger charge is 2.35. The monoisotopic (exact) mass is 266 g/mol. The van der Waals surface area contributed by atoms with Gasteiger partial charge in [-0.3, -0.25) is 0 Å². The van der Waals surface area contributed by atoms with E-state index in [1.54, 1.807) is 0 Å². The smallest absolute Gasteiger partial charge is 0.180 e. The molecular weight excluding hydrogens is 256 g/mol. The highest BCUT2D eigenvalue weighted by molar-refractivity contribution is 7.16. The highest BCUT2D eigenvalue weighted by atomic mass is 35.5.